The molecule has 1 aromatic heterocycles. The molecule has 0 atom stereocenters. The first kappa shape index (κ1) is 12.0. The third kappa shape index (κ3) is 2.26. The fourth-order valence-electron chi connectivity index (χ4n) is 2.65. The minimum atomic E-state index is -0.927. The number of hydrogen-bond donors (Lipinski definition) is 1. The van der Waals surface area contributed by atoms with E-state index in [1.807, 2.05) is 12.1 Å². The van der Waals surface area contributed by atoms with E-state index in [9.17, 15) is 4.79 Å². The molecule has 1 aliphatic rings. The highest BCUT2D eigenvalue weighted by Crippen LogP contribution is 2.24. The molecule has 3 rings (SSSR count). The van der Waals surface area contributed by atoms with Crippen LogP contribution in [0.2, 0.25) is 0 Å². The first-order valence-electron chi connectivity index (χ1n) is 6.63. The van der Waals surface area contributed by atoms with Gasteiger partial charge in [0.1, 0.15) is 0 Å². The average Bonchev–Trinajstić information content (AvgIpc) is 2.47. The van der Waals surface area contributed by atoms with Crippen molar-refractivity contribution >= 4 is 22.6 Å². The monoisotopic (exact) mass is 256 g/mol. The maximum atomic E-state index is 11.2. The number of carboxylic acid groups (broad SMARTS) is 1. The summed E-state index contributed by atoms with van der Waals surface area (Å²) in [4.78, 5) is 17.8. The topological polar surface area (TPSA) is 53.4 Å². The average molecular weight is 256 g/mol. The molecule has 19 heavy (non-hydrogen) atoms. The van der Waals surface area contributed by atoms with Gasteiger partial charge in [0.05, 0.1) is 23.0 Å². The van der Waals surface area contributed by atoms with Crippen molar-refractivity contribution in [2.45, 2.75) is 19.3 Å². The van der Waals surface area contributed by atoms with E-state index in [-0.39, 0.29) is 5.56 Å². The maximum Gasteiger partial charge on any atom is 0.337 e. The molecule has 4 heteroatoms. The highest BCUT2D eigenvalue weighted by molar-refractivity contribution is 6.02. The van der Waals surface area contributed by atoms with Crippen LogP contribution < -0.4 is 4.90 Å². The predicted molar refractivity (Wildman–Crippen MR) is 74.8 cm³/mol. The van der Waals surface area contributed by atoms with Gasteiger partial charge in [-0.2, -0.15) is 0 Å². The third-order valence-electron chi connectivity index (χ3n) is 3.65. The number of anilines is 1. The fraction of sp³-hybridized carbons (Fsp3) is 0.333. The molecule has 0 aliphatic carbocycles. The molecule has 1 aliphatic heterocycles. The Bertz CT molecular complexity index is 619. The standard InChI is InChI=1S/C15H16N2O2/c18-15(19)13-6-4-5-11-9-12(10-16-14(11)13)17-7-2-1-3-8-17/h4-6,9-10H,1-3,7-8H2,(H,18,19). The Kier molecular flexibility index (Phi) is 3.07. The van der Waals surface area contributed by atoms with Crippen LogP contribution in [0.4, 0.5) is 5.69 Å². The van der Waals surface area contributed by atoms with Crippen LogP contribution >= 0.6 is 0 Å². The minimum absolute atomic E-state index is 0.266. The van der Waals surface area contributed by atoms with Crippen LogP contribution in [0.25, 0.3) is 10.9 Å². The zero-order valence-corrected chi connectivity index (χ0v) is 10.7. The SMILES string of the molecule is O=C(O)c1cccc2cc(N3CCCCC3)cnc12. The third-order valence-corrected chi connectivity index (χ3v) is 3.65. The van der Waals surface area contributed by atoms with Crippen molar-refractivity contribution in [3.8, 4) is 0 Å². The Morgan fingerprint density at radius 3 is 2.74 bits per heavy atom. The lowest BCUT2D eigenvalue weighted by Crippen LogP contribution is -2.29. The largest absolute Gasteiger partial charge is 0.478 e. The summed E-state index contributed by atoms with van der Waals surface area (Å²) in [7, 11) is 0. The number of rotatable bonds is 2. The lowest BCUT2D eigenvalue weighted by atomic mass is 10.1. The fourth-order valence-corrected chi connectivity index (χ4v) is 2.65. The molecule has 0 amide bonds. The molecule has 1 N–H and O–H groups in total. The summed E-state index contributed by atoms with van der Waals surface area (Å²) >= 11 is 0. The molecule has 0 radical (unpaired) electrons. The van der Waals surface area contributed by atoms with Crippen LogP contribution in [0.5, 0.6) is 0 Å². The van der Waals surface area contributed by atoms with Crippen molar-refractivity contribution in [2.75, 3.05) is 18.0 Å². The van der Waals surface area contributed by atoms with Gasteiger partial charge in [-0.1, -0.05) is 12.1 Å². The van der Waals surface area contributed by atoms with E-state index >= 15 is 0 Å². The van der Waals surface area contributed by atoms with Gasteiger partial charge in [-0.05, 0) is 31.4 Å². The van der Waals surface area contributed by atoms with Crippen LogP contribution in [0, 0.1) is 0 Å². The van der Waals surface area contributed by atoms with Gasteiger partial charge < -0.3 is 10.0 Å². The Morgan fingerprint density at radius 1 is 1.21 bits per heavy atom. The number of pyridine rings is 1. The summed E-state index contributed by atoms with van der Waals surface area (Å²) in [5.74, 6) is -0.927. The number of carboxylic acids is 1. The molecule has 0 saturated carbocycles. The Labute approximate surface area is 111 Å². The predicted octanol–water partition coefficient (Wildman–Crippen LogP) is 2.92. The molecule has 0 unspecified atom stereocenters. The number of piperidine rings is 1. The second-order valence-electron chi connectivity index (χ2n) is 4.92. The first-order valence-corrected chi connectivity index (χ1v) is 6.63. The van der Waals surface area contributed by atoms with E-state index in [0.29, 0.717) is 5.52 Å². The minimum Gasteiger partial charge on any atom is -0.478 e. The molecule has 0 spiro atoms. The number of aromatic carboxylic acids is 1. The number of hydrogen-bond acceptors (Lipinski definition) is 3. The van der Waals surface area contributed by atoms with Gasteiger partial charge in [-0.3, -0.25) is 4.98 Å². The maximum absolute atomic E-state index is 11.2. The number of benzene rings is 1. The van der Waals surface area contributed by atoms with Crippen molar-refractivity contribution in [3.63, 3.8) is 0 Å². The molecular weight excluding hydrogens is 240 g/mol. The van der Waals surface area contributed by atoms with Gasteiger partial charge in [0, 0.05) is 18.5 Å². The normalized spacial score (nSPS) is 15.7. The number of aromatic nitrogens is 1. The van der Waals surface area contributed by atoms with Crippen molar-refractivity contribution < 1.29 is 9.90 Å². The second kappa shape index (κ2) is 4.88. The summed E-state index contributed by atoms with van der Waals surface area (Å²) < 4.78 is 0. The lowest BCUT2D eigenvalue weighted by Gasteiger charge is -2.28. The number of para-hydroxylation sites is 1. The van der Waals surface area contributed by atoms with Crippen molar-refractivity contribution in [2.24, 2.45) is 0 Å². The van der Waals surface area contributed by atoms with Crippen LogP contribution in [0.15, 0.2) is 30.5 Å². The molecule has 98 valence electrons. The van der Waals surface area contributed by atoms with Crippen molar-refractivity contribution in [3.05, 3.63) is 36.0 Å². The molecular formula is C15H16N2O2. The quantitative estimate of drug-likeness (QED) is 0.897. The number of carbonyl (C=O) groups is 1. The van der Waals surface area contributed by atoms with Gasteiger partial charge in [0.15, 0.2) is 0 Å². The molecule has 1 saturated heterocycles. The second-order valence-corrected chi connectivity index (χ2v) is 4.92. The van der Waals surface area contributed by atoms with Gasteiger partial charge in [0.2, 0.25) is 0 Å². The summed E-state index contributed by atoms with van der Waals surface area (Å²) in [6.45, 7) is 2.12. The van der Waals surface area contributed by atoms with Gasteiger partial charge >= 0.3 is 5.97 Å². The van der Waals surface area contributed by atoms with Crippen LogP contribution in [-0.2, 0) is 0 Å². The van der Waals surface area contributed by atoms with Crippen molar-refractivity contribution in [1.29, 1.82) is 0 Å². The molecule has 2 heterocycles. The summed E-state index contributed by atoms with van der Waals surface area (Å²) in [6.07, 6.45) is 5.52. The van der Waals surface area contributed by atoms with Crippen LogP contribution in [0.3, 0.4) is 0 Å². The number of fused-ring (bicyclic) bond motifs is 1. The zero-order chi connectivity index (χ0) is 13.2. The smallest absolute Gasteiger partial charge is 0.337 e. The van der Waals surface area contributed by atoms with E-state index in [1.54, 1.807) is 18.3 Å². The first-order chi connectivity index (χ1) is 9.25. The Morgan fingerprint density at radius 2 is 2.00 bits per heavy atom. The van der Waals surface area contributed by atoms with E-state index in [2.05, 4.69) is 9.88 Å². The molecule has 1 fully saturated rings. The van der Waals surface area contributed by atoms with Gasteiger partial charge in [0.25, 0.3) is 0 Å². The van der Waals surface area contributed by atoms with E-state index in [0.717, 1.165) is 24.2 Å². The van der Waals surface area contributed by atoms with Crippen molar-refractivity contribution in [1.82, 2.24) is 4.98 Å². The summed E-state index contributed by atoms with van der Waals surface area (Å²) in [5.41, 5.74) is 1.92. The highest BCUT2D eigenvalue weighted by atomic mass is 16.4. The Hall–Kier alpha value is -2.10. The van der Waals surface area contributed by atoms with Crippen LogP contribution in [-0.4, -0.2) is 29.1 Å². The molecule has 2 aromatic rings. The molecule has 4 nitrogen and oxygen atoms in total. The zero-order valence-electron chi connectivity index (χ0n) is 10.7. The molecule has 0 bridgehead atoms. The van der Waals surface area contributed by atoms with Gasteiger partial charge in [-0.15, -0.1) is 0 Å². The Balaban J connectivity index is 2.04. The highest BCUT2D eigenvalue weighted by Gasteiger charge is 2.14. The number of nitrogens with zero attached hydrogens (tertiary/aromatic N) is 2. The van der Waals surface area contributed by atoms with E-state index in [1.165, 1.54) is 19.3 Å². The van der Waals surface area contributed by atoms with Gasteiger partial charge in [-0.25, -0.2) is 4.79 Å². The molecule has 1 aromatic carbocycles. The summed E-state index contributed by atoms with van der Waals surface area (Å²) in [6, 6.07) is 7.33. The van der Waals surface area contributed by atoms with Crippen LogP contribution in [0.1, 0.15) is 29.6 Å². The van der Waals surface area contributed by atoms with E-state index in [4.69, 9.17) is 5.11 Å². The summed E-state index contributed by atoms with van der Waals surface area (Å²) in [5, 5.41) is 10.0. The lowest BCUT2D eigenvalue weighted by molar-refractivity contribution is 0.0699. The van der Waals surface area contributed by atoms with E-state index < -0.39 is 5.97 Å².